The fourth-order valence-corrected chi connectivity index (χ4v) is 2.24. The van der Waals surface area contributed by atoms with Gasteiger partial charge in [-0.1, -0.05) is 21.9 Å². The number of carbonyl (C=O) groups excluding carboxylic acids is 1. The van der Waals surface area contributed by atoms with Crippen molar-refractivity contribution in [3.63, 3.8) is 0 Å². The third kappa shape index (κ3) is 3.25. The van der Waals surface area contributed by atoms with Crippen LogP contribution < -0.4 is 5.32 Å². The van der Waals surface area contributed by atoms with Gasteiger partial charge in [0.15, 0.2) is 0 Å². The highest BCUT2D eigenvalue weighted by atomic mass is 35.5. The zero-order valence-corrected chi connectivity index (χ0v) is 12.6. The molecular weight excluding hydrogens is 306 g/mol. The molecular formula is C14H14ClN5O2. The molecule has 1 aromatic carbocycles. The number of nitrogens with one attached hydrogen (secondary N) is 2. The van der Waals surface area contributed by atoms with E-state index in [1.807, 2.05) is 12.1 Å². The molecule has 1 amide bonds. The van der Waals surface area contributed by atoms with Crippen LogP contribution in [-0.4, -0.2) is 26.2 Å². The van der Waals surface area contributed by atoms with E-state index in [2.05, 4.69) is 30.2 Å². The van der Waals surface area contributed by atoms with Crippen LogP contribution in [0.5, 0.6) is 0 Å². The van der Waals surface area contributed by atoms with Crippen molar-refractivity contribution in [2.45, 2.75) is 26.3 Å². The highest BCUT2D eigenvalue weighted by Crippen LogP contribution is 2.17. The maximum absolute atomic E-state index is 11.8. The van der Waals surface area contributed by atoms with E-state index >= 15 is 0 Å². The predicted molar refractivity (Wildman–Crippen MR) is 80.3 cm³/mol. The average Bonchev–Trinajstić information content (AvgIpc) is 3.08. The van der Waals surface area contributed by atoms with Crippen LogP contribution in [0.4, 0.5) is 0 Å². The van der Waals surface area contributed by atoms with Crippen LogP contribution in [0.1, 0.15) is 23.6 Å². The van der Waals surface area contributed by atoms with Crippen molar-refractivity contribution < 1.29 is 9.42 Å². The monoisotopic (exact) mass is 319 g/mol. The van der Waals surface area contributed by atoms with Gasteiger partial charge in [-0.2, -0.15) is 0 Å². The van der Waals surface area contributed by atoms with Gasteiger partial charge in [0.25, 0.3) is 0 Å². The molecule has 0 bridgehead atoms. The largest absolute Gasteiger partial charge is 0.350 e. The Morgan fingerprint density at radius 3 is 3.05 bits per heavy atom. The molecule has 0 fully saturated rings. The van der Waals surface area contributed by atoms with Gasteiger partial charge < -0.3 is 10.3 Å². The number of H-pyrrole nitrogens is 1. The van der Waals surface area contributed by atoms with Crippen LogP contribution in [-0.2, 0) is 17.8 Å². The number of aromatic amines is 1. The van der Waals surface area contributed by atoms with Crippen molar-refractivity contribution in [1.82, 2.24) is 25.6 Å². The lowest BCUT2D eigenvalue weighted by atomic mass is 10.2. The Labute approximate surface area is 131 Å². The minimum atomic E-state index is -0.0825. The van der Waals surface area contributed by atoms with Crippen LogP contribution in [0.15, 0.2) is 22.8 Å². The Hall–Kier alpha value is -2.41. The first kappa shape index (κ1) is 14.5. The maximum atomic E-state index is 11.8. The van der Waals surface area contributed by atoms with Crippen molar-refractivity contribution >= 4 is 28.5 Å². The highest BCUT2D eigenvalue weighted by molar-refractivity contribution is 6.31. The van der Waals surface area contributed by atoms with Crippen molar-refractivity contribution in [3.8, 4) is 0 Å². The molecule has 2 aromatic heterocycles. The van der Waals surface area contributed by atoms with Gasteiger partial charge >= 0.3 is 0 Å². The van der Waals surface area contributed by atoms with E-state index in [9.17, 15) is 4.79 Å². The van der Waals surface area contributed by atoms with Gasteiger partial charge in [0.2, 0.25) is 5.91 Å². The number of halogens is 1. The van der Waals surface area contributed by atoms with E-state index in [1.54, 1.807) is 13.0 Å². The molecule has 7 nitrogen and oxygen atoms in total. The molecule has 2 N–H and O–H groups in total. The number of rotatable bonds is 5. The summed E-state index contributed by atoms with van der Waals surface area (Å²) in [7, 11) is 0. The zero-order valence-electron chi connectivity index (χ0n) is 11.9. The lowest BCUT2D eigenvalue weighted by molar-refractivity contribution is -0.121. The second-order valence-electron chi connectivity index (χ2n) is 4.92. The van der Waals surface area contributed by atoms with Crippen LogP contribution >= 0.6 is 11.6 Å². The molecule has 3 rings (SSSR count). The number of hydrogen-bond acceptors (Lipinski definition) is 5. The number of benzene rings is 1. The average molecular weight is 320 g/mol. The summed E-state index contributed by atoms with van der Waals surface area (Å²) in [6.07, 6.45) is 0.853. The van der Waals surface area contributed by atoms with Crippen LogP contribution in [0.3, 0.4) is 0 Å². The summed E-state index contributed by atoms with van der Waals surface area (Å²) in [4.78, 5) is 19.4. The zero-order chi connectivity index (χ0) is 15.5. The molecule has 0 aliphatic rings. The maximum Gasteiger partial charge on any atom is 0.220 e. The van der Waals surface area contributed by atoms with Gasteiger partial charge in [-0.05, 0) is 25.1 Å². The second-order valence-corrected chi connectivity index (χ2v) is 5.35. The number of imidazole rings is 1. The van der Waals surface area contributed by atoms with Crippen molar-refractivity contribution in [2.75, 3.05) is 0 Å². The Kier molecular flexibility index (Phi) is 4.06. The second kappa shape index (κ2) is 6.15. The first-order valence-electron chi connectivity index (χ1n) is 6.80. The summed E-state index contributed by atoms with van der Waals surface area (Å²) in [5.41, 5.74) is 3.01. The molecule has 22 heavy (non-hydrogen) atoms. The minimum absolute atomic E-state index is 0.0825. The molecule has 0 saturated carbocycles. The molecule has 0 atom stereocenters. The molecule has 3 aromatic rings. The van der Waals surface area contributed by atoms with Crippen LogP contribution in [0.2, 0.25) is 5.02 Å². The molecule has 0 aliphatic carbocycles. The molecule has 0 radical (unpaired) electrons. The Morgan fingerprint density at radius 2 is 2.27 bits per heavy atom. The molecule has 0 saturated heterocycles. The third-order valence-corrected chi connectivity index (χ3v) is 3.52. The SMILES string of the molecule is Cc1nonc1CNC(=O)CCc1nc2ccc(Cl)cc2[nH]1. The van der Waals surface area contributed by atoms with Crippen molar-refractivity contribution in [3.05, 3.63) is 40.4 Å². The third-order valence-electron chi connectivity index (χ3n) is 3.28. The molecule has 0 spiro atoms. The number of nitrogens with zero attached hydrogens (tertiary/aromatic N) is 3. The van der Waals surface area contributed by atoms with Crippen molar-refractivity contribution in [1.29, 1.82) is 0 Å². The molecule has 2 heterocycles. The molecule has 8 heteroatoms. The summed E-state index contributed by atoms with van der Waals surface area (Å²) >= 11 is 5.93. The topological polar surface area (TPSA) is 96.7 Å². The van der Waals surface area contributed by atoms with Gasteiger partial charge in [0.1, 0.15) is 17.2 Å². The van der Waals surface area contributed by atoms with E-state index in [-0.39, 0.29) is 5.91 Å². The number of fused-ring (bicyclic) bond motifs is 1. The lowest BCUT2D eigenvalue weighted by Gasteiger charge is -2.01. The quantitative estimate of drug-likeness (QED) is 0.751. The summed E-state index contributed by atoms with van der Waals surface area (Å²) in [5.74, 6) is 0.674. The van der Waals surface area contributed by atoms with Crippen LogP contribution in [0, 0.1) is 6.92 Å². The summed E-state index contributed by atoms with van der Waals surface area (Å²) < 4.78 is 4.57. The minimum Gasteiger partial charge on any atom is -0.350 e. The molecule has 0 unspecified atom stereocenters. The Morgan fingerprint density at radius 1 is 1.41 bits per heavy atom. The van der Waals surface area contributed by atoms with Crippen LogP contribution in [0.25, 0.3) is 11.0 Å². The summed E-state index contributed by atoms with van der Waals surface area (Å²) in [6.45, 7) is 2.08. The Balaban J connectivity index is 1.54. The number of amides is 1. The number of hydrogen-bond donors (Lipinski definition) is 2. The molecule has 114 valence electrons. The first-order chi connectivity index (χ1) is 10.6. The van der Waals surface area contributed by atoms with Gasteiger partial charge in [0.05, 0.1) is 17.6 Å². The Bertz CT molecular complexity index is 811. The van der Waals surface area contributed by atoms with E-state index in [4.69, 9.17) is 11.6 Å². The smallest absolute Gasteiger partial charge is 0.220 e. The fraction of sp³-hybridized carbons (Fsp3) is 0.286. The van der Waals surface area contributed by atoms with Gasteiger partial charge in [-0.3, -0.25) is 4.79 Å². The van der Waals surface area contributed by atoms with E-state index < -0.39 is 0 Å². The number of carbonyl (C=O) groups is 1. The van der Waals surface area contributed by atoms with E-state index in [1.165, 1.54) is 0 Å². The van der Waals surface area contributed by atoms with Gasteiger partial charge in [0, 0.05) is 17.9 Å². The fourth-order valence-electron chi connectivity index (χ4n) is 2.07. The normalized spacial score (nSPS) is 11.0. The summed E-state index contributed by atoms with van der Waals surface area (Å²) in [5, 5.41) is 10.8. The predicted octanol–water partition coefficient (Wildman–Crippen LogP) is 2.16. The van der Waals surface area contributed by atoms with Gasteiger partial charge in [-0.25, -0.2) is 9.61 Å². The number of aromatic nitrogens is 4. The van der Waals surface area contributed by atoms with E-state index in [0.29, 0.717) is 35.8 Å². The lowest BCUT2D eigenvalue weighted by Crippen LogP contribution is -2.23. The first-order valence-corrected chi connectivity index (χ1v) is 7.18. The van der Waals surface area contributed by atoms with Gasteiger partial charge in [-0.15, -0.1) is 0 Å². The van der Waals surface area contributed by atoms with E-state index in [0.717, 1.165) is 16.9 Å². The standard InChI is InChI=1S/C14H14ClN5O2/c1-8-12(20-22-19-8)7-16-14(21)5-4-13-17-10-3-2-9(15)6-11(10)18-13/h2-3,6H,4-5,7H2,1H3,(H,16,21)(H,17,18). The molecule has 0 aliphatic heterocycles. The summed E-state index contributed by atoms with van der Waals surface area (Å²) in [6, 6.07) is 5.45. The highest BCUT2D eigenvalue weighted by Gasteiger charge is 2.09. The number of aryl methyl sites for hydroxylation is 2. The van der Waals surface area contributed by atoms with Crippen molar-refractivity contribution in [2.24, 2.45) is 0 Å².